The Morgan fingerprint density at radius 1 is 1.15 bits per heavy atom. The topological polar surface area (TPSA) is 136 Å². The first-order valence-corrected chi connectivity index (χ1v) is 9.39. The Kier molecular flexibility index (Phi) is 4.94. The normalized spacial score (nSPS) is 15.8. The summed E-state index contributed by atoms with van der Waals surface area (Å²) in [6, 6.07) is 6.57. The summed E-state index contributed by atoms with van der Waals surface area (Å²) >= 11 is 5.87. The minimum atomic E-state index is -3.82. The second-order valence-electron chi connectivity index (χ2n) is 5.55. The van der Waals surface area contributed by atoms with E-state index in [1.807, 2.05) is 4.90 Å². The minimum absolute atomic E-state index is 0.0409. The average Bonchev–Trinajstić information content (AvgIpc) is 2.61. The Labute approximate surface area is 154 Å². The van der Waals surface area contributed by atoms with E-state index in [4.69, 9.17) is 17.3 Å². The zero-order valence-electron chi connectivity index (χ0n) is 13.4. The molecule has 2 aromatic rings. The first-order chi connectivity index (χ1) is 12.3. The van der Waals surface area contributed by atoms with Crippen molar-refractivity contribution in [3.63, 3.8) is 0 Å². The molecule has 12 heteroatoms. The summed E-state index contributed by atoms with van der Waals surface area (Å²) in [6.45, 7) is 1.15. The van der Waals surface area contributed by atoms with Gasteiger partial charge in [-0.25, -0.2) is 13.4 Å². The van der Waals surface area contributed by atoms with Crippen LogP contribution >= 0.6 is 11.6 Å². The van der Waals surface area contributed by atoms with Gasteiger partial charge in [0.25, 0.3) is 5.69 Å². The van der Waals surface area contributed by atoms with Gasteiger partial charge in [-0.2, -0.15) is 9.29 Å². The molecule has 0 unspecified atom stereocenters. The number of nitrogens with two attached hydrogens (primary N) is 1. The lowest BCUT2D eigenvalue weighted by Gasteiger charge is -2.34. The van der Waals surface area contributed by atoms with Crippen molar-refractivity contribution in [1.82, 2.24) is 14.3 Å². The van der Waals surface area contributed by atoms with Crippen molar-refractivity contribution in [1.29, 1.82) is 0 Å². The van der Waals surface area contributed by atoms with Crippen LogP contribution in [0.25, 0.3) is 0 Å². The molecule has 1 fully saturated rings. The van der Waals surface area contributed by atoms with Crippen LogP contribution in [0.3, 0.4) is 0 Å². The van der Waals surface area contributed by atoms with Gasteiger partial charge in [0, 0.05) is 44.4 Å². The van der Waals surface area contributed by atoms with Crippen LogP contribution in [-0.4, -0.2) is 53.8 Å². The molecule has 0 amide bonds. The predicted octanol–water partition coefficient (Wildman–Crippen LogP) is 1.13. The molecule has 0 spiro atoms. The van der Waals surface area contributed by atoms with E-state index in [1.165, 1.54) is 22.5 Å². The molecule has 138 valence electrons. The second-order valence-corrected chi connectivity index (χ2v) is 7.88. The SMILES string of the molecule is Nc1nc(Cl)cc(N2CCN(S(=O)(=O)c3cccc([N+](=O)[O-])c3)CC2)n1. The molecule has 2 N–H and O–H groups in total. The summed E-state index contributed by atoms with van der Waals surface area (Å²) in [4.78, 5) is 19.9. The molecular weight excluding hydrogens is 384 g/mol. The van der Waals surface area contributed by atoms with E-state index < -0.39 is 14.9 Å². The van der Waals surface area contributed by atoms with Gasteiger partial charge in [-0.15, -0.1) is 0 Å². The largest absolute Gasteiger partial charge is 0.368 e. The maximum atomic E-state index is 12.7. The molecule has 0 radical (unpaired) electrons. The fourth-order valence-corrected chi connectivity index (χ4v) is 4.30. The van der Waals surface area contributed by atoms with Gasteiger partial charge in [0.05, 0.1) is 9.82 Å². The number of nitrogen functional groups attached to an aromatic ring is 1. The highest BCUT2D eigenvalue weighted by Crippen LogP contribution is 2.24. The summed E-state index contributed by atoms with van der Waals surface area (Å²) in [5.41, 5.74) is 5.31. The van der Waals surface area contributed by atoms with Crippen molar-refractivity contribution in [2.75, 3.05) is 36.8 Å². The quantitative estimate of drug-likeness (QED) is 0.460. The van der Waals surface area contributed by atoms with Gasteiger partial charge >= 0.3 is 0 Å². The smallest absolute Gasteiger partial charge is 0.270 e. The van der Waals surface area contributed by atoms with Gasteiger partial charge in [0.1, 0.15) is 11.0 Å². The van der Waals surface area contributed by atoms with E-state index in [9.17, 15) is 18.5 Å². The molecule has 1 aliphatic rings. The standard InChI is InChI=1S/C14H15ClN6O4S/c15-12-9-13(18-14(16)17-12)19-4-6-20(7-5-19)26(24,25)11-3-1-2-10(8-11)21(22)23/h1-3,8-9H,4-7H2,(H2,16,17,18). The van der Waals surface area contributed by atoms with Gasteiger partial charge in [-0.1, -0.05) is 17.7 Å². The monoisotopic (exact) mass is 398 g/mol. The zero-order valence-corrected chi connectivity index (χ0v) is 15.0. The van der Waals surface area contributed by atoms with Gasteiger partial charge in [-0.05, 0) is 6.07 Å². The maximum Gasteiger partial charge on any atom is 0.270 e. The third-order valence-electron chi connectivity index (χ3n) is 3.93. The van der Waals surface area contributed by atoms with E-state index in [1.54, 1.807) is 6.07 Å². The summed E-state index contributed by atoms with van der Waals surface area (Å²) in [5.74, 6) is 0.564. The second kappa shape index (κ2) is 7.02. The summed E-state index contributed by atoms with van der Waals surface area (Å²) in [5, 5.41) is 11.1. The first kappa shape index (κ1) is 18.3. The van der Waals surface area contributed by atoms with Crippen molar-refractivity contribution in [2.45, 2.75) is 4.90 Å². The number of piperazine rings is 1. The Balaban J connectivity index is 1.76. The molecule has 26 heavy (non-hydrogen) atoms. The highest BCUT2D eigenvalue weighted by Gasteiger charge is 2.30. The number of benzene rings is 1. The molecule has 10 nitrogen and oxygen atoms in total. The third-order valence-corrected chi connectivity index (χ3v) is 6.02. The fourth-order valence-electron chi connectivity index (χ4n) is 2.65. The molecule has 2 heterocycles. The molecule has 3 rings (SSSR count). The third kappa shape index (κ3) is 3.69. The number of non-ortho nitro benzene ring substituents is 1. The molecular formula is C14H15ClN6O4S. The predicted molar refractivity (Wildman–Crippen MR) is 95.5 cm³/mol. The number of aromatic nitrogens is 2. The van der Waals surface area contributed by atoms with Crippen LogP contribution in [0.4, 0.5) is 17.5 Å². The van der Waals surface area contributed by atoms with Crippen molar-refractivity contribution in [3.05, 3.63) is 45.6 Å². The van der Waals surface area contributed by atoms with Crippen LogP contribution in [0, 0.1) is 10.1 Å². The average molecular weight is 399 g/mol. The molecule has 1 saturated heterocycles. The van der Waals surface area contributed by atoms with Crippen molar-refractivity contribution >= 4 is 39.1 Å². The van der Waals surface area contributed by atoms with E-state index in [0.717, 1.165) is 6.07 Å². The van der Waals surface area contributed by atoms with E-state index in [2.05, 4.69) is 9.97 Å². The molecule has 1 aliphatic heterocycles. The van der Waals surface area contributed by atoms with E-state index in [-0.39, 0.29) is 34.8 Å². The molecule has 1 aromatic carbocycles. The number of nitro benzene ring substituents is 1. The molecule has 1 aromatic heterocycles. The number of nitrogens with zero attached hydrogens (tertiary/aromatic N) is 5. The van der Waals surface area contributed by atoms with E-state index >= 15 is 0 Å². The van der Waals surface area contributed by atoms with Crippen LogP contribution in [0.15, 0.2) is 35.2 Å². The number of nitro groups is 1. The minimum Gasteiger partial charge on any atom is -0.368 e. The van der Waals surface area contributed by atoms with Gasteiger partial charge in [0.15, 0.2) is 0 Å². The number of hydrogen-bond donors (Lipinski definition) is 1. The molecule has 0 atom stereocenters. The molecule has 0 saturated carbocycles. The number of halogens is 1. The molecule has 0 aliphatic carbocycles. The van der Waals surface area contributed by atoms with Gasteiger partial charge < -0.3 is 10.6 Å². The zero-order chi connectivity index (χ0) is 18.9. The Morgan fingerprint density at radius 2 is 1.85 bits per heavy atom. The maximum absolute atomic E-state index is 12.7. The van der Waals surface area contributed by atoms with Crippen LogP contribution in [0.1, 0.15) is 0 Å². The van der Waals surface area contributed by atoms with E-state index in [0.29, 0.717) is 18.9 Å². The Morgan fingerprint density at radius 3 is 2.46 bits per heavy atom. The van der Waals surface area contributed by atoms with Crippen LogP contribution < -0.4 is 10.6 Å². The number of sulfonamides is 1. The van der Waals surface area contributed by atoms with Crippen molar-refractivity contribution < 1.29 is 13.3 Å². The Bertz CT molecular complexity index is 926. The summed E-state index contributed by atoms with van der Waals surface area (Å²) in [7, 11) is -3.82. The van der Waals surface area contributed by atoms with Crippen LogP contribution in [0.2, 0.25) is 5.15 Å². The van der Waals surface area contributed by atoms with Crippen LogP contribution in [-0.2, 0) is 10.0 Å². The number of anilines is 2. The summed E-state index contributed by atoms with van der Waals surface area (Å²) < 4.78 is 26.7. The van der Waals surface area contributed by atoms with Crippen molar-refractivity contribution in [3.8, 4) is 0 Å². The Hall–Kier alpha value is -2.50. The van der Waals surface area contributed by atoms with Gasteiger partial charge in [-0.3, -0.25) is 10.1 Å². The van der Waals surface area contributed by atoms with Gasteiger partial charge in [0.2, 0.25) is 16.0 Å². The fraction of sp³-hybridized carbons (Fsp3) is 0.286. The highest BCUT2D eigenvalue weighted by molar-refractivity contribution is 7.89. The lowest BCUT2D eigenvalue weighted by atomic mass is 10.3. The lowest BCUT2D eigenvalue weighted by molar-refractivity contribution is -0.385. The summed E-state index contributed by atoms with van der Waals surface area (Å²) in [6.07, 6.45) is 0. The highest BCUT2D eigenvalue weighted by atomic mass is 35.5. The number of hydrogen-bond acceptors (Lipinski definition) is 8. The van der Waals surface area contributed by atoms with Crippen LogP contribution in [0.5, 0.6) is 0 Å². The number of rotatable bonds is 4. The first-order valence-electron chi connectivity index (χ1n) is 7.57. The van der Waals surface area contributed by atoms with Crippen molar-refractivity contribution in [2.24, 2.45) is 0 Å². The lowest BCUT2D eigenvalue weighted by Crippen LogP contribution is -2.49. The molecule has 0 bridgehead atoms.